The predicted molar refractivity (Wildman–Crippen MR) is 109 cm³/mol. The third kappa shape index (κ3) is 4.29. The molecule has 0 saturated heterocycles. The molecular weight excluding hydrogens is 324 g/mol. The molecule has 0 bridgehead atoms. The van der Waals surface area contributed by atoms with Crippen LogP contribution in [0.1, 0.15) is 33.6 Å². The van der Waals surface area contributed by atoms with Gasteiger partial charge in [0.15, 0.2) is 0 Å². The lowest BCUT2D eigenvalue weighted by molar-refractivity contribution is 0.199. The van der Waals surface area contributed by atoms with E-state index in [-0.39, 0.29) is 17.7 Å². The van der Waals surface area contributed by atoms with E-state index in [1.165, 1.54) is 10.4 Å². The van der Waals surface area contributed by atoms with E-state index in [0.29, 0.717) is 0 Å². The minimum atomic E-state index is -2.54. The molecule has 1 N–H and O–H groups in total. The van der Waals surface area contributed by atoms with E-state index in [9.17, 15) is 5.11 Å². The molecule has 25 heavy (non-hydrogen) atoms. The van der Waals surface area contributed by atoms with Crippen LogP contribution in [0, 0.1) is 0 Å². The van der Waals surface area contributed by atoms with Gasteiger partial charge in [0.1, 0.15) is 0 Å². The molecule has 0 radical (unpaired) electrons. The number of hydrogen-bond donors (Lipinski definition) is 1. The lowest BCUT2D eigenvalue weighted by atomic mass is 10.2. The smallest absolute Gasteiger partial charge is 0.261 e. The zero-order chi connectivity index (χ0) is 18.3. The van der Waals surface area contributed by atoms with Gasteiger partial charge in [0.05, 0.1) is 6.10 Å². The second-order valence-corrected chi connectivity index (χ2v) is 11.7. The van der Waals surface area contributed by atoms with Crippen molar-refractivity contribution in [2.75, 3.05) is 6.61 Å². The third-order valence-corrected chi connectivity index (χ3v) is 9.72. The van der Waals surface area contributed by atoms with Crippen LogP contribution in [0.15, 0.2) is 73.3 Å². The zero-order valence-corrected chi connectivity index (χ0v) is 16.6. The first kappa shape index (κ1) is 19.6. The summed E-state index contributed by atoms with van der Waals surface area (Å²) in [5, 5.41) is 11.7. The first-order valence-corrected chi connectivity index (χ1v) is 10.9. The fraction of sp³-hybridized carbons (Fsp3) is 0.364. The quantitative estimate of drug-likeness (QED) is 0.576. The Kier molecular flexibility index (Phi) is 6.76. The molecule has 0 aliphatic carbocycles. The molecule has 134 valence electrons. The molecule has 0 unspecified atom stereocenters. The Balaban J connectivity index is 2.62. The molecule has 0 aromatic heterocycles. The molecule has 3 heteroatoms. The summed E-state index contributed by atoms with van der Waals surface area (Å²) in [7, 11) is -2.54. The summed E-state index contributed by atoms with van der Waals surface area (Å²) in [4.78, 5) is 0. The van der Waals surface area contributed by atoms with Crippen LogP contribution < -0.4 is 10.4 Å². The van der Waals surface area contributed by atoms with Crippen LogP contribution in [0.4, 0.5) is 0 Å². The Morgan fingerprint density at radius 3 is 1.84 bits per heavy atom. The number of aliphatic hydroxyl groups is 1. The third-order valence-electron chi connectivity index (χ3n) is 4.65. The number of aliphatic hydroxyl groups excluding tert-OH is 1. The van der Waals surface area contributed by atoms with Crippen molar-refractivity contribution in [3.63, 3.8) is 0 Å². The second kappa shape index (κ2) is 8.61. The van der Waals surface area contributed by atoms with Gasteiger partial charge in [0.25, 0.3) is 8.32 Å². The van der Waals surface area contributed by atoms with Gasteiger partial charge in [-0.3, -0.25) is 0 Å². The van der Waals surface area contributed by atoms with Crippen LogP contribution in [0.3, 0.4) is 0 Å². The van der Waals surface area contributed by atoms with Gasteiger partial charge in [-0.2, -0.15) is 0 Å². The van der Waals surface area contributed by atoms with E-state index in [1.807, 2.05) is 18.2 Å². The normalized spacial score (nSPS) is 13.4. The van der Waals surface area contributed by atoms with Crippen molar-refractivity contribution in [3.05, 3.63) is 73.3 Å². The molecular formula is C22H30O2Si. The molecule has 0 heterocycles. The van der Waals surface area contributed by atoms with Crippen molar-refractivity contribution in [3.8, 4) is 0 Å². The van der Waals surface area contributed by atoms with E-state index < -0.39 is 8.32 Å². The summed E-state index contributed by atoms with van der Waals surface area (Å²) in [6, 6.07) is 21.2. The van der Waals surface area contributed by atoms with Gasteiger partial charge < -0.3 is 9.53 Å². The van der Waals surface area contributed by atoms with E-state index in [1.54, 1.807) is 0 Å². The highest BCUT2D eigenvalue weighted by atomic mass is 28.4. The Hall–Kier alpha value is -1.68. The summed E-state index contributed by atoms with van der Waals surface area (Å²) >= 11 is 0. The van der Waals surface area contributed by atoms with E-state index in [0.717, 1.165) is 12.8 Å². The fourth-order valence-corrected chi connectivity index (χ4v) is 8.12. The highest BCUT2D eigenvalue weighted by Crippen LogP contribution is 2.38. The SMILES string of the molecule is C=C[C@H](CCCO)O[Si](c1ccccc1)(c1ccccc1)C(C)(C)C. The Morgan fingerprint density at radius 1 is 1.00 bits per heavy atom. The van der Waals surface area contributed by atoms with Gasteiger partial charge in [0.2, 0.25) is 0 Å². The number of hydrogen-bond acceptors (Lipinski definition) is 2. The monoisotopic (exact) mass is 354 g/mol. The van der Waals surface area contributed by atoms with E-state index in [4.69, 9.17) is 4.43 Å². The minimum Gasteiger partial charge on any atom is -0.401 e. The molecule has 2 nitrogen and oxygen atoms in total. The molecule has 2 rings (SSSR count). The maximum Gasteiger partial charge on any atom is 0.261 e. The van der Waals surface area contributed by atoms with Crippen molar-refractivity contribution in [2.45, 2.75) is 44.8 Å². The molecule has 1 atom stereocenters. The lowest BCUT2D eigenvalue weighted by Gasteiger charge is -2.44. The van der Waals surface area contributed by atoms with E-state index >= 15 is 0 Å². The molecule has 0 aliphatic heterocycles. The zero-order valence-electron chi connectivity index (χ0n) is 15.6. The largest absolute Gasteiger partial charge is 0.401 e. The first-order chi connectivity index (χ1) is 12.0. The van der Waals surface area contributed by atoms with Gasteiger partial charge >= 0.3 is 0 Å². The van der Waals surface area contributed by atoms with E-state index in [2.05, 4.69) is 75.9 Å². The van der Waals surface area contributed by atoms with Gasteiger partial charge in [-0.15, -0.1) is 6.58 Å². The van der Waals surface area contributed by atoms with Crippen LogP contribution in [-0.4, -0.2) is 26.1 Å². The van der Waals surface area contributed by atoms with Gasteiger partial charge in [-0.25, -0.2) is 0 Å². The topological polar surface area (TPSA) is 29.5 Å². The molecule has 2 aromatic carbocycles. The van der Waals surface area contributed by atoms with Crippen molar-refractivity contribution in [1.29, 1.82) is 0 Å². The average Bonchev–Trinajstić information content (AvgIpc) is 2.62. The standard InChI is InChI=1S/C22H30O2Si/c1-5-19(13-12-18-23)24-25(22(2,3)4,20-14-8-6-9-15-20)21-16-10-7-11-17-21/h5-11,14-17,19,23H,1,12-13,18H2,2-4H3/t19-/m1/s1. The van der Waals surface area contributed by atoms with Crippen LogP contribution >= 0.6 is 0 Å². The Bertz CT molecular complexity index is 607. The second-order valence-electron chi connectivity index (χ2n) is 7.42. The maximum absolute atomic E-state index is 9.22. The van der Waals surface area contributed by atoms with Crippen molar-refractivity contribution in [1.82, 2.24) is 0 Å². The van der Waals surface area contributed by atoms with Crippen LogP contribution in [-0.2, 0) is 4.43 Å². The summed E-state index contributed by atoms with van der Waals surface area (Å²) in [5.74, 6) is 0. The molecule has 0 spiro atoms. The van der Waals surface area contributed by atoms with Gasteiger partial charge in [-0.05, 0) is 28.3 Å². The van der Waals surface area contributed by atoms with Gasteiger partial charge in [0, 0.05) is 6.61 Å². The Labute approximate surface area is 153 Å². The molecule has 0 amide bonds. The predicted octanol–water partition coefficient (Wildman–Crippen LogP) is 3.89. The number of benzene rings is 2. The van der Waals surface area contributed by atoms with Gasteiger partial charge in [-0.1, -0.05) is 87.5 Å². The summed E-state index contributed by atoms with van der Waals surface area (Å²) in [6.45, 7) is 11.0. The molecule has 2 aromatic rings. The van der Waals surface area contributed by atoms with Crippen LogP contribution in [0.25, 0.3) is 0 Å². The lowest BCUT2D eigenvalue weighted by Crippen LogP contribution is -2.67. The fourth-order valence-electron chi connectivity index (χ4n) is 3.44. The van der Waals surface area contributed by atoms with Crippen molar-refractivity contribution >= 4 is 18.7 Å². The highest BCUT2D eigenvalue weighted by Gasteiger charge is 2.51. The summed E-state index contributed by atoms with van der Waals surface area (Å²) < 4.78 is 6.94. The molecule has 0 fully saturated rings. The first-order valence-electron chi connectivity index (χ1n) is 8.98. The molecule has 0 aliphatic rings. The van der Waals surface area contributed by atoms with Crippen molar-refractivity contribution < 1.29 is 9.53 Å². The van der Waals surface area contributed by atoms with Crippen LogP contribution in [0.2, 0.25) is 5.04 Å². The highest BCUT2D eigenvalue weighted by molar-refractivity contribution is 6.99. The minimum absolute atomic E-state index is 0.0455. The maximum atomic E-state index is 9.22. The molecule has 0 saturated carbocycles. The average molecular weight is 355 g/mol. The number of rotatable bonds is 8. The summed E-state index contributed by atoms with van der Waals surface area (Å²) in [6.07, 6.45) is 3.31. The van der Waals surface area contributed by atoms with Crippen molar-refractivity contribution in [2.24, 2.45) is 0 Å². The Morgan fingerprint density at radius 2 is 1.48 bits per heavy atom. The van der Waals surface area contributed by atoms with Crippen LogP contribution in [0.5, 0.6) is 0 Å². The summed E-state index contributed by atoms with van der Waals surface area (Å²) in [5.41, 5.74) is 0.